The number of hydrogen-bond acceptors (Lipinski definition) is 3. The van der Waals surface area contributed by atoms with Gasteiger partial charge in [-0.1, -0.05) is 29.8 Å². The van der Waals surface area contributed by atoms with Gasteiger partial charge in [0.05, 0.1) is 19.3 Å². The minimum atomic E-state index is -0.256. The fraction of sp³-hybridized carbons (Fsp3) is 0.381. The summed E-state index contributed by atoms with van der Waals surface area (Å²) in [5.74, 6) is -0.333. The molecule has 0 radical (unpaired) electrons. The molecule has 2 aromatic rings. The lowest BCUT2D eigenvalue weighted by Crippen LogP contribution is -2.43. The highest BCUT2D eigenvalue weighted by Crippen LogP contribution is 2.22. The highest BCUT2D eigenvalue weighted by molar-refractivity contribution is 5.95. The number of aryl methyl sites for hydroxylation is 2. The average molecular weight is 356 g/mol. The highest BCUT2D eigenvalue weighted by Gasteiger charge is 2.23. The Morgan fingerprint density at radius 1 is 1.15 bits per heavy atom. The lowest BCUT2D eigenvalue weighted by molar-refractivity contribution is 0.0162. The molecule has 1 unspecified atom stereocenters. The van der Waals surface area contributed by atoms with Crippen LogP contribution in [0.2, 0.25) is 0 Å². The van der Waals surface area contributed by atoms with Crippen molar-refractivity contribution < 1.29 is 13.9 Å². The molecule has 0 aromatic heterocycles. The van der Waals surface area contributed by atoms with E-state index in [-0.39, 0.29) is 17.8 Å². The molecule has 4 nitrogen and oxygen atoms in total. The third-order valence-electron chi connectivity index (χ3n) is 4.83. The van der Waals surface area contributed by atoms with E-state index in [1.165, 1.54) is 12.1 Å². The Morgan fingerprint density at radius 3 is 2.54 bits per heavy atom. The predicted octanol–water partition coefficient (Wildman–Crippen LogP) is 3.25. The van der Waals surface area contributed by atoms with Crippen LogP contribution in [0.5, 0.6) is 0 Å². The van der Waals surface area contributed by atoms with E-state index in [2.05, 4.69) is 10.2 Å². The quantitative estimate of drug-likeness (QED) is 0.894. The fourth-order valence-electron chi connectivity index (χ4n) is 3.30. The first-order valence-electron chi connectivity index (χ1n) is 8.97. The van der Waals surface area contributed by atoms with Gasteiger partial charge in [0.25, 0.3) is 5.91 Å². The summed E-state index contributed by atoms with van der Waals surface area (Å²) in [6, 6.07) is 12.4. The number of carbonyl (C=O) groups excluding carboxylic acids is 1. The maximum atomic E-state index is 13.3. The van der Waals surface area contributed by atoms with Gasteiger partial charge >= 0.3 is 0 Å². The van der Waals surface area contributed by atoms with Crippen molar-refractivity contribution in [3.8, 4) is 0 Å². The number of nitrogens with one attached hydrogen (secondary N) is 1. The minimum Gasteiger partial charge on any atom is -0.379 e. The van der Waals surface area contributed by atoms with Crippen LogP contribution in [0, 0.1) is 19.7 Å². The molecule has 138 valence electrons. The van der Waals surface area contributed by atoms with E-state index in [4.69, 9.17) is 4.74 Å². The second-order valence-electron chi connectivity index (χ2n) is 6.74. The Kier molecular flexibility index (Phi) is 6.01. The van der Waals surface area contributed by atoms with Crippen LogP contribution in [-0.2, 0) is 4.74 Å². The zero-order valence-electron chi connectivity index (χ0n) is 15.3. The fourth-order valence-corrected chi connectivity index (χ4v) is 3.30. The summed E-state index contributed by atoms with van der Waals surface area (Å²) in [5, 5.41) is 3.06. The molecule has 0 saturated carbocycles. The van der Waals surface area contributed by atoms with Crippen molar-refractivity contribution in [2.75, 3.05) is 32.8 Å². The smallest absolute Gasteiger partial charge is 0.251 e. The number of benzene rings is 2. The van der Waals surface area contributed by atoms with E-state index in [9.17, 15) is 9.18 Å². The molecular formula is C21H25FN2O2. The zero-order chi connectivity index (χ0) is 18.5. The number of hydrogen-bond donors (Lipinski definition) is 1. The molecule has 2 aromatic carbocycles. The predicted molar refractivity (Wildman–Crippen MR) is 99.8 cm³/mol. The van der Waals surface area contributed by atoms with Gasteiger partial charge in [-0.25, -0.2) is 4.39 Å². The van der Waals surface area contributed by atoms with Crippen molar-refractivity contribution in [3.05, 3.63) is 70.5 Å². The summed E-state index contributed by atoms with van der Waals surface area (Å²) < 4.78 is 18.7. The van der Waals surface area contributed by atoms with Crippen molar-refractivity contribution in [1.82, 2.24) is 10.2 Å². The minimum absolute atomic E-state index is 0.00596. The molecule has 5 heteroatoms. The maximum absolute atomic E-state index is 13.3. The van der Waals surface area contributed by atoms with Crippen LogP contribution >= 0.6 is 0 Å². The molecule has 1 saturated heterocycles. The number of ether oxygens (including phenoxy) is 1. The van der Waals surface area contributed by atoms with Gasteiger partial charge in [-0.15, -0.1) is 0 Å². The van der Waals surface area contributed by atoms with Crippen LogP contribution in [0.1, 0.15) is 33.1 Å². The molecule has 0 bridgehead atoms. The lowest BCUT2D eigenvalue weighted by Gasteiger charge is -2.35. The molecule has 1 atom stereocenters. The van der Waals surface area contributed by atoms with Crippen LogP contribution in [0.15, 0.2) is 42.5 Å². The van der Waals surface area contributed by atoms with Crippen molar-refractivity contribution in [1.29, 1.82) is 0 Å². The van der Waals surface area contributed by atoms with Crippen molar-refractivity contribution in [2.45, 2.75) is 19.9 Å². The van der Waals surface area contributed by atoms with Gasteiger partial charge in [-0.3, -0.25) is 9.69 Å². The van der Waals surface area contributed by atoms with Crippen LogP contribution in [0.25, 0.3) is 0 Å². The zero-order valence-corrected chi connectivity index (χ0v) is 15.3. The molecular weight excluding hydrogens is 331 g/mol. The first-order chi connectivity index (χ1) is 12.5. The highest BCUT2D eigenvalue weighted by atomic mass is 19.1. The van der Waals surface area contributed by atoms with Crippen molar-refractivity contribution in [2.24, 2.45) is 0 Å². The number of halogens is 1. The molecule has 1 fully saturated rings. The number of morpholine rings is 1. The number of nitrogens with zero attached hydrogens (tertiary/aromatic N) is 1. The maximum Gasteiger partial charge on any atom is 0.251 e. The van der Waals surface area contributed by atoms with Crippen LogP contribution in [-0.4, -0.2) is 43.7 Å². The summed E-state index contributed by atoms with van der Waals surface area (Å²) in [6.07, 6.45) is 0. The van der Waals surface area contributed by atoms with Gasteiger partial charge in [-0.05, 0) is 43.2 Å². The molecule has 26 heavy (non-hydrogen) atoms. The monoisotopic (exact) mass is 356 g/mol. The SMILES string of the molecule is Cc1ccc(C)c(C(=O)NCC(c2ccc(F)cc2)N2CCOCC2)c1. The lowest BCUT2D eigenvalue weighted by atomic mass is 10.0. The van der Waals surface area contributed by atoms with Gasteiger partial charge in [0, 0.05) is 25.2 Å². The van der Waals surface area contributed by atoms with E-state index < -0.39 is 0 Å². The molecule has 0 aliphatic carbocycles. The molecule has 3 rings (SSSR count). The van der Waals surface area contributed by atoms with Gasteiger partial charge in [-0.2, -0.15) is 0 Å². The topological polar surface area (TPSA) is 41.6 Å². The largest absolute Gasteiger partial charge is 0.379 e. The number of carbonyl (C=O) groups is 1. The Hall–Kier alpha value is -2.24. The van der Waals surface area contributed by atoms with E-state index in [0.29, 0.717) is 25.3 Å². The molecule has 1 heterocycles. The van der Waals surface area contributed by atoms with E-state index in [1.807, 2.05) is 32.0 Å². The molecule has 1 N–H and O–H groups in total. The Bertz CT molecular complexity index is 755. The summed E-state index contributed by atoms with van der Waals surface area (Å²) in [6.45, 7) is 7.31. The van der Waals surface area contributed by atoms with E-state index in [1.54, 1.807) is 12.1 Å². The molecule has 1 aliphatic rings. The van der Waals surface area contributed by atoms with Gasteiger partial charge in [0.2, 0.25) is 0 Å². The first kappa shape index (κ1) is 18.5. The number of amides is 1. The van der Waals surface area contributed by atoms with Crippen LogP contribution in [0.4, 0.5) is 4.39 Å². The molecule has 1 amide bonds. The second kappa shape index (κ2) is 8.43. The van der Waals surface area contributed by atoms with Crippen LogP contribution in [0.3, 0.4) is 0 Å². The summed E-state index contributed by atoms with van der Waals surface area (Å²) in [5.41, 5.74) is 3.71. The summed E-state index contributed by atoms with van der Waals surface area (Å²) in [4.78, 5) is 15.0. The number of rotatable bonds is 5. The Labute approximate surface area is 154 Å². The third kappa shape index (κ3) is 4.48. The molecule has 1 aliphatic heterocycles. The summed E-state index contributed by atoms with van der Waals surface area (Å²) >= 11 is 0. The normalized spacial score (nSPS) is 16.3. The standard InChI is InChI=1S/C21H25FN2O2/c1-15-3-4-16(2)19(13-15)21(25)23-14-20(24-9-11-26-12-10-24)17-5-7-18(22)8-6-17/h3-8,13,20H,9-12,14H2,1-2H3,(H,23,25). The first-order valence-corrected chi connectivity index (χ1v) is 8.97. The molecule has 0 spiro atoms. The Morgan fingerprint density at radius 2 is 1.85 bits per heavy atom. The summed E-state index contributed by atoms with van der Waals surface area (Å²) in [7, 11) is 0. The van der Waals surface area contributed by atoms with Crippen molar-refractivity contribution in [3.63, 3.8) is 0 Å². The van der Waals surface area contributed by atoms with Crippen LogP contribution < -0.4 is 5.32 Å². The van der Waals surface area contributed by atoms with Gasteiger partial charge in [0.1, 0.15) is 5.82 Å². The van der Waals surface area contributed by atoms with Crippen molar-refractivity contribution >= 4 is 5.91 Å². The van der Waals surface area contributed by atoms with Gasteiger partial charge < -0.3 is 10.1 Å². The van der Waals surface area contributed by atoms with E-state index >= 15 is 0 Å². The third-order valence-corrected chi connectivity index (χ3v) is 4.83. The van der Waals surface area contributed by atoms with Gasteiger partial charge in [0.15, 0.2) is 0 Å². The second-order valence-corrected chi connectivity index (χ2v) is 6.74. The van der Waals surface area contributed by atoms with E-state index in [0.717, 1.165) is 29.8 Å². The average Bonchev–Trinajstić information content (AvgIpc) is 2.66. The Balaban J connectivity index is 1.75.